The molecule has 6 heterocycles. The van der Waals surface area contributed by atoms with Crippen molar-refractivity contribution in [2.24, 2.45) is 0 Å². The number of hydrogen-bond acceptors (Lipinski definition) is 14. The monoisotopic (exact) mass is 1390 g/mol. The Balaban J connectivity index is 0.000000209. The van der Waals surface area contributed by atoms with Crippen molar-refractivity contribution < 1.29 is 13.9 Å². The summed E-state index contributed by atoms with van der Waals surface area (Å²) in [5.41, 5.74) is 11.8. The summed E-state index contributed by atoms with van der Waals surface area (Å²) in [5, 5.41) is 57.3. The molecule has 0 spiro atoms. The van der Waals surface area contributed by atoms with Crippen LogP contribution in [0, 0.1) is 34.3 Å². The maximum absolute atomic E-state index is 13.9. The van der Waals surface area contributed by atoms with E-state index < -0.39 is 11.6 Å². The van der Waals surface area contributed by atoms with Gasteiger partial charge in [-0.05, 0) is 188 Å². The molecule has 2 aliphatic rings. The van der Waals surface area contributed by atoms with Gasteiger partial charge in [0.25, 0.3) is 0 Å². The quantitative estimate of drug-likeness (QED) is 0.0781. The Bertz CT molecular complexity index is 4530. The molecule has 0 radical (unpaired) electrons. The van der Waals surface area contributed by atoms with E-state index in [1.807, 2.05) is 53.2 Å². The molecule has 10 aromatic rings. The minimum Gasteiger partial charge on any atom is -0.392 e. The lowest BCUT2D eigenvalue weighted by Gasteiger charge is -2.40. The van der Waals surface area contributed by atoms with Gasteiger partial charge in [0.05, 0.1) is 83.7 Å². The van der Waals surface area contributed by atoms with E-state index in [-0.39, 0.29) is 53.0 Å². The number of pyridine rings is 2. The topological polar surface area (TPSA) is 189 Å². The van der Waals surface area contributed by atoms with Crippen LogP contribution in [0.25, 0.3) is 21.8 Å². The predicted molar refractivity (Wildman–Crippen MR) is 386 cm³/mol. The Hall–Kier alpha value is -8.14. The summed E-state index contributed by atoms with van der Waals surface area (Å²) in [6, 6.07) is 37.9. The molecule has 0 aliphatic carbocycles. The summed E-state index contributed by atoms with van der Waals surface area (Å²) >= 11 is 25.9. The number of rotatable bonds is 17. The van der Waals surface area contributed by atoms with Gasteiger partial charge in [-0.3, -0.25) is 19.8 Å². The molecule has 0 amide bonds. The molecule has 6 aromatic carbocycles. The van der Waals surface area contributed by atoms with Gasteiger partial charge in [0.2, 0.25) is 0 Å². The van der Waals surface area contributed by atoms with Crippen molar-refractivity contribution in [3.8, 4) is 12.1 Å². The van der Waals surface area contributed by atoms with Crippen LogP contribution in [0.15, 0.2) is 134 Å². The minimum atomic E-state index is -0.536. The van der Waals surface area contributed by atoms with Crippen LogP contribution in [0.1, 0.15) is 154 Å². The number of nitriles is 2. The predicted octanol–water partition coefficient (Wildman–Crippen LogP) is 17.6. The highest BCUT2D eigenvalue weighted by molar-refractivity contribution is 6.36. The molecule has 12 rings (SSSR count). The molecule has 97 heavy (non-hydrogen) atoms. The van der Waals surface area contributed by atoms with Gasteiger partial charge in [0, 0.05) is 103 Å². The fraction of sp³-hybridized carbons (Fsp3) is 0.360. The third kappa shape index (κ3) is 16.9. The van der Waals surface area contributed by atoms with E-state index in [0.29, 0.717) is 84.6 Å². The largest absolute Gasteiger partial charge is 0.392 e. The van der Waals surface area contributed by atoms with Crippen molar-refractivity contribution in [3.05, 3.63) is 222 Å². The SMILES string of the molecule is C.CC(C)(C)N1CCC(n2cc([C@@H](Cc3cc(Cl)c4ncc(C#N)c(Nc5ccc(F)c(Cl)c5)c4c3)c3cccc(CO)c3)nn2)CC1.CN(C)Cc1cccc([C@H](Cc2cc(Cl)c3ncc(C#N)c(Nc4ccc(F)c(Cl)c4)c3c2)c2cn(C3CCN(C(C)(C)C)CC3)nn2)c1. The zero-order valence-electron chi connectivity index (χ0n) is 55.0. The number of anilines is 4. The number of nitrogens with one attached hydrogen (secondary N) is 2. The van der Waals surface area contributed by atoms with Crippen molar-refractivity contribution in [3.63, 3.8) is 0 Å². The smallest absolute Gasteiger partial charge is 0.141 e. The van der Waals surface area contributed by atoms with Crippen molar-refractivity contribution in [2.75, 3.05) is 50.9 Å². The molecule has 3 N–H and O–H groups in total. The van der Waals surface area contributed by atoms with E-state index in [9.17, 15) is 24.4 Å². The van der Waals surface area contributed by atoms with E-state index >= 15 is 0 Å². The normalized spacial score (nSPS) is 14.9. The van der Waals surface area contributed by atoms with Gasteiger partial charge in [0.15, 0.2) is 0 Å². The van der Waals surface area contributed by atoms with Crippen LogP contribution in [0.4, 0.5) is 31.5 Å². The van der Waals surface area contributed by atoms with Gasteiger partial charge in [0.1, 0.15) is 23.8 Å². The fourth-order valence-corrected chi connectivity index (χ4v) is 14.0. The first kappa shape index (κ1) is 71.6. The highest BCUT2D eigenvalue weighted by Gasteiger charge is 2.32. The van der Waals surface area contributed by atoms with Crippen LogP contribution in [-0.4, -0.2) is 111 Å². The van der Waals surface area contributed by atoms with Crippen molar-refractivity contribution in [1.29, 1.82) is 10.5 Å². The van der Waals surface area contributed by atoms with Crippen molar-refractivity contribution in [1.82, 2.24) is 54.7 Å². The molecule has 4 aromatic heterocycles. The molecule has 0 saturated carbocycles. The summed E-state index contributed by atoms with van der Waals surface area (Å²) in [5.74, 6) is -1.37. The summed E-state index contributed by atoms with van der Waals surface area (Å²) in [6.07, 6.45) is 12.3. The second-order valence-corrected chi connectivity index (χ2v) is 28.8. The zero-order valence-corrected chi connectivity index (χ0v) is 58.0. The Morgan fingerprint density at radius 2 is 0.979 bits per heavy atom. The molecule has 0 bridgehead atoms. The number of aliphatic hydroxyl groups excluding tert-OH is 1. The number of aromatic nitrogens is 8. The molecule has 16 nitrogen and oxygen atoms in total. The van der Waals surface area contributed by atoms with Crippen molar-refractivity contribution in [2.45, 2.75) is 136 Å². The maximum Gasteiger partial charge on any atom is 0.141 e. The number of nitrogens with zero attached hydrogens (tertiary/aromatic N) is 13. The molecular weight excluding hydrogens is 1310 g/mol. The molecule has 2 aliphatic heterocycles. The zero-order chi connectivity index (χ0) is 68.2. The third-order valence-corrected chi connectivity index (χ3v) is 19.4. The second-order valence-electron chi connectivity index (χ2n) is 27.2. The molecular formula is C75H81Cl4F2N15O. The Morgan fingerprint density at radius 3 is 1.36 bits per heavy atom. The van der Waals surface area contributed by atoms with E-state index in [1.165, 1.54) is 42.2 Å². The van der Waals surface area contributed by atoms with Crippen LogP contribution in [0.5, 0.6) is 0 Å². The first-order valence-electron chi connectivity index (χ1n) is 32.2. The van der Waals surface area contributed by atoms with Gasteiger partial charge in [-0.25, -0.2) is 18.1 Å². The number of likely N-dealkylation sites (tertiary alicyclic amines) is 2. The lowest BCUT2D eigenvalue weighted by Crippen LogP contribution is -2.46. The number of halogens is 6. The molecule has 2 fully saturated rings. The number of benzene rings is 6. The molecule has 2 saturated heterocycles. The number of aliphatic hydroxyl groups is 1. The fourth-order valence-electron chi connectivity index (χ4n) is 13.0. The summed E-state index contributed by atoms with van der Waals surface area (Å²) < 4.78 is 31.9. The van der Waals surface area contributed by atoms with E-state index in [0.717, 1.165) is 97.6 Å². The average Bonchev–Trinajstić information content (AvgIpc) is 1.26. The van der Waals surface area contributed by atoms with E-state index in [4.69, 9.17) is 51.5 Å². The van der Waals surface area contributed by atoms with Gasteiger partial charge in [-0.1, -0.05) is 113 Å². The second kappa shape index (κ2) is 30.7. The van der Waals surface area contributed by atoms with Gasteiger partial charge >= 0.3 is 0 Å². The first-order chi connectivity index (χ1) is 45.9. The van der Waals surface area contributed by atoms with Crippen molar-refractivity contribution >= 4 is 91.0 Å². The standard InChI is InChI=1S/C38H41Cl2FN8.C36H36Cl2FN7O.CH4/c1-38(2,3)48-13-11-29(12-14-48)49-23-35(45-46-49)30(26-8-6-7-24(15-26)22-47(4)5)16-25-17-31-36(44-28-9-10-34(41)32(39)19-28)27(20-42)21-43-37(31)33(40)18-25;1-36(2,3)45-11-9-27(10-12-45)46-20-33(43-44-46)28(24-6-4-5-22(13-24)21-47)14-23-15-29-34(42-26-7-8-32(39)30(37)17-26)25(18-40)19-41-35(29)31(38)16-23;/h6-10,15,17-19,21,23,29-30H,11-14,16,22H2,1-5H3,(H,43,44);4-8,13,15-17,19-20,27-28,47H,9-12,14,21H2,1-3H3,(H,41,42);1H4/t30-;28-;/m00./s1. The number of hydrogen-bond donors (Lipinski definition) is 3. The highest BCUT2D eigenvalue weighted by Crippen LogP contribution is 2.41. The summed E-state index contributed by atoms with van der Waals surface area (Å²) in [4.78, 5) is 16.2. The summed E-state index contributed by atoms with van der Waals surface area (Å²) in [7, 11) is 4.12. The Kier molecular flexibility index (Phi) is 22.7. The molecule has 22 heteroatoms. The third-order valence-electron chi connectivity index (χ3n) is 18.2. The summed E-state index contributed by atoms with van der Waals surface area (Å²) in [6.45, 7) is 18.3. The van der Waals surface area contributed by atoms with Crippen LogP contribution in [0.2, 0.25) is 20.1 Å². The van der Waals surface area contributed by atoms with Gasteiger partial charge < -0.3 is 20.6 Å². The number of piperidine rings is 2. The van der Waals surface area contributed by atoms with Crippen LogP contribution < -0.4 is 10.6 Å². The maximum atomic E-state index is 13.9. The van der Waals surface area contributed by atoms with Crippen LogP contribution in [-0.2, 0) is 26.0 Å². The lowest BCUT2D eigenvalue weighted by atomic mass is 9.88. The van der Waals surface area contributed by atoms with E-state index in [2.05, 4.69) is 160 Å². The molecule has 2 atom stereocenters. The highest BCUT2D eigenvalue weighted by atomic mass is 35.5. The minimum absolute atomic E-state index is 0. The first-order valence-corrected chi connectivity index (χ1v) is 33.7. The van der Waals surface area contributed by atoms with Gasteiger partial charge in [-0.2, -0.15) is 10.5 Å². The molecule has 0 unspecified atom stereocenters. The van der Waals surface area contributed by atoms with Crippen LogP contribution >= 0.6 is 46.4 Å². The Labute approximate surface area is 586 Å². The van der Waals surface area contributed by atoms with E-state index in [1.54, 1.807) is 12.1 Å². The lowest BCUT2D eigenvalue weighted by molar-refractivity contribution is 0.0864. The average molecular weight is 1390 g/mol. The molecule has 504 valence electrons. The number of fused-ring (bicyclic) bond motifs is 2. The van der Waals surface area contributed by atoms with Gasteiger partial charge in [-0.15, -0.1) is 10.2 Å². The Morgan fingerprint density at radius 1 is 0.567 bits per heavy atom. The van der Waals surface area contributed by atoms with Crippen LogP contribution in [0.3, 0.4) is 0 Å².